The highest BCUT2D eigenvalue weighted by Crippen LogP contribution is 2.29. The quantitative estimate of drug-likeness (QED) is 0.441. The third-order valence-corrected chi connectivity index (χ3v) is 4.61. The van der Waals surface area contributed by atoms with Gasteiger partial charge in [-0.25, -0.2) is 4.68 Å². The maximum absolute atomic E-state index is 5.89. The van der Waals surface area contributed by atoms with Crippen LogP contribution in [0.4, 0.5) is 0 Å². The Balaban J connectivity index is 1.58. The van der Waals surface area contributed by atoms with Crippen molar-refractivity contribution >= 4 is 0 Å². The SMILES string of the molecule is COc1ccc(-n2nc(OC)cc2-c2ccc(OCc3ccccc3)cc2)cc1. The molecule has 0 aliphatic carbocycles. The fraction of sp³-hybridized carbons (Fsp3) is 0.125. The van der Waals surface area contributed by atoms with Crippen LogP contribution in [0.15, 0.2) is 84.9 Å². The lowest BCUT2D eigenvalue weighted by Crippen LogP contribution is -2.00. The molecule has 5 nitrogen and oxygen atoms in total. The Morgan fingerprint density at radius 2 is 1.45 bits per heavy atom. The van der Waals surface area contributed by atoms with E-state index in [2.05, 4.69) is 5.10 Å². The molecule has 1 heterocycles. The van der Waals surface area contributed by atoms with E-state index in [0.717, 1.165) is 34.0 Å². The van der Waals surface area contributed by atoms with Gasteiger partial charge in [0.25, 0.3) is 0 Å². The number of hydrogen-bond acceptors (Lipinski definition) is 4. The zero-order chi connectivity index (χ0) is 20.1. The van der Waals surface area contributed by atoms with Crippen molar-refractivity contribution in [2.24, 2.45) is 0 Å². The summed E-state index contributed by atoms with van der Waals surface area (Å²) in [6, 6.07) is 27.8. The first-order valence-corrected chi connectivity index (χ1v) is 9.32. The lowest BCUT2D eigenvalue weighted by atomic mass is 10.1. The molecule has 5 heteroatoms. The molecular formula is C24H22N2O3. The van der Waals surface area contributed by atoms with Crippen molar-refractivity contribution in [1.82, 2.24) is 9.78 Å². The Bertz CT molecular complexity index is 1060. The van der Waals surface area contributed by atoms with E-state index in [1.165, 1.54) is 0 Å². The van der Waals surface area contributed by atoms with Crippen molar-refractivity contribution in [1.29, 1.82) is 0 Å². The molecule has 3 aromatic carbocycles. The molecule has 0 radical (unpaired) electrons. The summed E-state index contributed by atoms with van der Waals surface area (Å²) in [5.41, 5.74) is 4.01. The van der Waals surface area contributed by atoms with Gasteiger partial charge in [-0.15, -0.1) is 5.10 Å². The van der Waals surface area contributed by atoms with E-state index in [0.29, 0.717) is 12.5 Å². The van der Waals surface area contributed by atoms with Gasteiger partial charge in [-0.2, -0.15) is 0 Å². The lowest BCUT2D eigenvalue weighted by molar-refractivity contribution is 0.306. The molecule has 146 valence electrons. The number of hydrogen-bond donors (Lipinski definition) is 0. The van der Waals surface area contributed by atoms with Crippen LogP contribution >= 0.6 is 0 Å². The van der Waals surface area contributed by atoms with Crippen molar-refractivity contribution in [2.45, 2.75) is 6.61 Å². The molecule has 0 unspecified atom stereocenters. The molecular weight excluding hydrogens is 364 g/mol. The Kier molecular flexibility index (Phi) is 5.47. The van der Waals surface area contributed by atoms with E-state index < -0.39 is 0 Å². The number of ether oxygens (including phenoxy) is 3. The maximum Gasteiger partial charge on any atom is 0.233 e. The second-order valence-corrected chi connectivity index (χ2v) is 6.48. The molecule has 0 N–H and O–H groups in total. The van der Waals surface area contributed by atoms with Gasteiger partial charge in [0.05, 0.1) is 25.6 Å². The summed E-state index contributed by atoms with van der Waals surface area (Å²) in [5.74, 6) is 2.18. The van der Waals surface area contributed by atoms with E-state index >= 15 is 0 Å². The fourth-order valence-corrected chi connectivity index (χ4v) is 3.05. The molecule has 0 saturated heterocycles. The van der Waals surface area contributed by atoms with E-state index in [1.54, 1.807) is 14.2 Å². The lowest BCUT2D eigenvalue weighted by Gasteiger charge is -2.10. The van der Waals surface area contributed by atoms with Crippen LogP contribution in [0.5, 0.6) is 17.4 Å². The molecule has 4 rings (SSSR count). The first kappa shape index (κ1) is 18.6. The van der Waals surface area contributed by atoms with E-state index in [9.17, 15) is 0 Å². The smallest absolute Gasteiger partial charge is 0.233 e. The number of methoxy groups -OCH3 is 2. The topological polar surface area (TPSA) is 45.5 Å². The first-order valence-electron chi connectivity index (χ1n) is 9.32. The van der Waals surface area contributed by atoms with Crippen LogP contribution in [0.25, 0.3) is 16.9 Å². The second-order valence-electron chi connectivity index (χ2n) is 6.48. The van der Waals surface area contributed by atoms with Crippen LogP contribution in [0.2, 0.25) is 0 Å². The summed E-state index contributed by atoms with van der Waals surface area (Å²) in [6.45, 7) is 0.539. The van der Waals surface area contributed by atoms with E-state index in [1.807, 2.05) is 89.6 Å². The molecule has 29 heavy (non-hydrogen) atoms. The van der Waals surface area contributed by atoms with Crippen molar-refractivity contribution in [2.75, 3.05) is 14.2 Å². The summed E-state index contributed by atoms with van der Waals surface area (Å²) in [5, 5.41) is 4.55. The van der Waals surface area contributed by atoms with Gasteiger partial charge in [0, 0.05) is 11.6 Å². The fourth-order valence-electron chi connectivity index (χ4n) is 3.05. The van der Waals surface area contributed by atoms with Gasteiger partial charge in [0.2, 0.25) is 5.88 Å². The van der Waals surface area contributed by atoms with E-state index in [4.69, 9.17) is 14.2 Å². The molecule has 0 atom stereocenters. The summed E-state index contributed by atoms with van der Waals surface area (Å²) in [7, 11) is 3.27. The van der Waals surface area contributed by atoms with Gasteiger partial charge in [0.15, 0.2) is 0 Å². The number of rotatable bonds is 7. The molecule has 1 aromatic heterocycles. The van der Waals surface area contributed by atoms with Gasteiger partial charge in [0.1, 0.15) is 18.1 Å². The van der Waals surface area contributed by atoms with Gasteiger partial charge in [-0.05, 0) is 54.1 Å². The molecule has 0 aliphatic rings. The normalized spacial score (nSPS) is 10.6. The summed E-state index contributed by atoms with van der Waals surface area (Å²) in [4.78, 5) is 0. The van der Waals surface area contributed by atoms with Crippen LogP contribution in [-0.4, -0.2) is 24.0 Å². The van der Waals surface area contributed by atoms with Crippen LogP contribution in [-0.2, 0) is 6.61 Å². The van der Waals surface area contributed by atoms with Crippen molar-refractivity contribution in [3.63, 3.8) is 0 Å². The third-order valence-electron chi connectivity index (χ3n) is 4.61. The van der Waals surface area contributed by atoms with Crippen LogP contribution in [0, 0.1) is 0 Å². The Morgan fingerprint density at radius 1 is 0.759 bits per heavy atom. The van der Waals surface area contributed by atoms with Gasteiger partial charge in [-0.3, -0.25) is 0 Å². The number of aromatic nitrogens is 2. The Morgan fingerprint density at radius 3 is 2.10 bits per heavy atom. The first-order chi connectivity index (χ1) is 14.3. The molecule has 0 spiro atoms. The maximum atomic E-state index is 5.89. The van der Waals surface area contributed by atoms with Gasteiger partial charge >= 0.3 is 0 Å². The largest absolute Gasteiger partial charge is 0.497 e. The Labute approximate surface area is 170 Å². The standard InChI is InChI=1S/C24H22N2O3/c1-27-21-14-10-20(11-15-21)26-23(16-24(25-26)28-2)19-8-12-22(13-9-19)29-17-18-6-4-3-5-7-18/h3-16H,17H2,1-2H3. The minimum absolute atomic E-state index is 0.539. The third kappa shape index (κ3) is 4.24. The van der Waals surface area contributed by atoms with Gasteiger partial charge < -0.3 is 14.2 Å². The molecule has 4 aromatic rings. The molecule has 0 fully saturated rings. The Hall–Kier alpha value is -3.73. The molecule has 0 aliphatic heterocycles. The predicted octanol–water partition coefficient (Wildman–Crippen LogP) is 5.14. The summed E-state index contributed by atoms with van der Waals surface area (Å²) in [6.07, 6.45) is 0. The highest BCUT2D eigenvalue weighted by atomic mass is 16.5. The van der Waals surface area contributed by atoms with Crippen LogP contribution in [0.1, 0.15) is 5.56 Å². The zero-order valence-electron chi connectivity index (χ0n) is 16.4. The molecule has 0 bridgehead atoms. The second kappa shape index (κ2) is 8.52. The van der Waals surface area contributed by atoms with Crippen LogP contribution < -0.4 is 14.2 Å². The highest BCUT2D eigenvalue weighted by Gasteiger charge is 2.12. The van der Waals surface area contributed by atoms with Crippen LogP contribution in [0.3, 0.4) is 0 Å². The van der Waals surface area contributed by atoms with Crippen molar-refractivity contribution in [3.05, 3.63) is 90.5 Å². The molecule has 0 saturated carbocycles. The van der Waals surface area contributed by atoms with E-state index in [-0.39, 0.29) is 0 Å². The number of benzene rings is 3. The zero-order valence-corrected chi connectivity index (χ0v) is 16.4. The highest BCUT2D eigenvalue weighted by molar-refractivity contribution is 5.64. The predicted molar refractivity (Wildman–Crippen MR) is 113 cm³/mol. The monoisotopic (exact) mass is 386 g/mol. The minimum Gasteiger partial charge on any atom is -0.497 e. The van der Waals surface area contributed by atoms with Crippen molar-refractivity contribution in [3.8, 4) is 34.3 Å². The number of nitrogens with zero attached hydrogens (tertiary/aromatic N) is 2. The summed E-state index contributed by atoms with van der Waals surface area (Å²) < 4.78 is 18.3. The average molecular weight is 386 g/mol. The van der Waals surface area contributed by atoms with Crippen molar-refractivity contribution < 1.29 is 14.2 Å². The van der Waals surface area contributed by atoms with Gasteiger partial charge in [-0.1, -0.05) is 30.3 Å². The average Bonchev–Trinajstić information content (AvgIpc) is 3.23. The summed E-state index contributed by atoms with van der Waals surface area (Å²) >= 11 is 0. The minimum atomic E-state index is 0.539. The molecule has 0 amide bonds.